The van der Waals surface area contributed by atoms with Crippen LogP contribution in [-0.4, -0.2) is 68.6 Å². The molecule has 2 atom stereocenters. The summed E-state index contributed by atoms with van der Waals surface area (Å²) in [6.45, 7) is 8.01. The zero-order chi connectivity index (χ0) is 25.1. The molecule has 0 saturated carbocycles. The normalized spacial score (nSPS) is 20.5. The Kier molecular flexibility index (Phi) is 7.23. The number of likely N-dealkylation sites (tertiary alicyclic amines) is 1. The molecule has 0 aromatic heterocycles. The van der Waals surface area contributed by atoms with Crippen molar-refractivity contribution in [1.82, 2.24) is 9.80 Å². The van der Waals surface area contributed by atoms with E-state index >= 15 is 0 Å². The first-order chi connectivity index (χ1) is 17.5. The van der Waals surface area contributed by atoms with Crippen LogP contribution in [0.1, 0.15) is 27.4 Å². The van der Waals surface area contributed by atoms with Gasteiger partial charge in [0.15, 0.2) is 0 Å². The van der Waals surface area contributed by atoms with Crippen LogP contribution in [0.5, 0.6) is 5.75 Å². The summed E-state index contributed by atoms with van der Waals surface area (Å²) in [6.07, 6.45) is 0. The number of halogens is 1. The second-order valence-corrected chi connectivity index (χ2v) is 9.99. The average Bonchev–Trinajstić information content (AvgIpc) is 3.33. The minimum atomic E-state index is -0.221. The lowest BCUT2D eigenvalue weighted by Gasteiger charge is -2.38. The van der Waals surface area contributed by atoms with Crippen LogP contribution in [-0.2, 0) is 0 Å². The quantitative estimate of drug-likeness (QED) is 0.500. The fourth-order valence-corrected chi connectivity index (χ4v) is 5.54. The Morgan fingerprint density at radius 3 is 2.42 bits per heavy atom. The van der Waals surface area contributed by atoms with Crippen molar-refractivity contribution in [3.8, 4) is 5.75 Å². The first-order valence-electron chi connectivity index (χ1n) is 12.7. The molecule has 36 heavy (non-hydrogen) atoms. The van der Waals surface area contributed by atoms with Crippen molar-refractivity contribution >= 4 is 11.6 Å². The lowest BCUT2D eigenvalue weighted by molar-refractivity contribution is 0.0782. The number of amides is 1. The number of methoxy groups -OCH3 is 1. The van der Waals surface area contributed by atoms with Crippen LogP contribution in [0.2, 0.25) is 0 Å². The van der Waals surface area contributed by atoms with E-state index in [4.69, 9.17) is 4.74 Å². The van der Waals surface area contributed by atoms with E-state index in [0.717, 1.165) is 49.6 Å². The molecule has 3 aromatic carbocycles. The van der Waals surface area contributed by atoms with Gasteiger partial charge in [-0.3, -0.25) is 9.69 Å². The molecule has 0 aliphatic carbocycles. The van der Waals surface area contributed by atoms with E-state index in [-0.39, 0.29) is 23.6 Å². The second-order valence-electron chi connectivity index (χ2n) is 9.99. The summed E-state index contributed by atoms with van der Waals surface area (Å²) in [6, 6.07) is 22.9. The minimum absolute atomic E-state index is 0.0572. The third-order valence-corrected chi connectivity index (χ3v) is 7.59. The van der Waals surface area contributed by atoms with E-state index in [1.807, 2.05) is 54.3 Å². The molecule has 2 heterocycles. The maximum Gasteiger partial charge on any atom is 0.253 e. The van der Waals surface area contributed by atoms with Crippen LogP contribution in [0.15, 0.2) is 72.8 Å². The van der Waals surface area contributed by atoms with Crippen LogP contribution in [0.25, 0.3) is 0 Å². The Morgan fingerprint density at radius 1 is 0.944 bits per heavy atom. The standard InChI is InChI=1S/C30H34FN3O2/c1-22-9-11-23(12-10-22)30(35)34-20-25(29(21-34)24-5-3-6-26(31)17-24)19-32-13-15-33(16-14-32)27-7-4-8-28(18-27)36-2/h3-12,17-18,25,29H,13-16,19-21H2,1-2H3/t25-,29+/m0/s1. The highest BCUT2D eigenvalue weighted by molar-refractivity contribution is 5.94. The van der Waals surface area contributed by atoms with Crippen LogP contribution in [0.3, 0.4) is 0 Å². The van der Waals surface area contributed by atoms with E-state index in [1.54, 1.807) is 19.2 Å². The molecule has 5 rings (SSSR count). The Bertz CT molecular complexity index is 1190. The molecule has 5 nitrogen and oxygen atoms in total. The summed E-state index contributed by atoms with van der Waals surface area (Å²) < 4.78 is 19.5. The number of carbonyl (C=O) groups excluding carboxylic acids is 1. The van der Waals surface area contributed by atoms with E-state index in [0.29, 0.717) is 18.7 Å². The summed E-state index contributed by atoms with van der Waals surface area (Å²) >= 11 is 0. The molecule has 2 aliphatic rings. The lowest BCUT2D eigenvalue weighted by Crippen LogP contribution is -2.48. The second kappa shape index (κ2) is 10.7. The van der Waals surface area contributed by atoms with Crippen molar-refractivity contribution in [2.24, 2.45) is 5.92 Å². The first-order valence-corrected chi connectivity index (χ1v) is 12.7. The molecule has 0 bridgehead atoms. The number of piperazine rings is 1. The van der Waals surface area contributed by atoms with E-state index in [1.165, 1.54) is 11.8 Å². The molecule has 2 aliphatic heterocycles. The van der Waals surface area contributed by atoms with Crippen LogP contribution in [0.4, 0.5) is 10.1 Å². The summed E-state index contributed by atoms with van der Waals surface area (Å²) in [5.74, 6) is 1.08. The number of ether oxygens (including phenoxy) is 1. The molecule has 3 aromatic rings. The largest absolute Gasteiger partial charge is 0.497 e. The molecule has 2 saturated heterocycles. The van der Waals surface area contributed by atoms with Crippen LogP contribution in [0, 0.1) is 18.7 Å². The summed E-state index contributed by atoms with van der Waals surface area (Å²) in [7, 11) is 1.69. The molecule has 1 amide bonds. The number of rotatable bonds is 6. The first kappa shape index (κ1) is 24.3. The van der Waals surface area contributed by atoms with Crippen molar-refractivity contribution in [2.75, 3.05) is 57.8 Å². The van der Waals surface area contributed by atoms with Gasteiger partial charge in [0.25, 0.3) is 5.91 Å². The van der Waals surface area contributed by atoms with Crippen molar-refractivity contribution in [3.63, 3.8) is 0 Å². The number of hydrogen-bond acceptors (Lipinski definition) is 4. The Hall–Kier alpha value is -3.38. The molecule has 0 spiro atoms. The molecular formula is C30H34FN3O2. The van der Waals surface area contributed by atoms with Gasteiger partial charge in [-0.1, -0.05) is 35.9 Å². The van der Waals surface area contributed by atoms with Gasteiger partial charge >= 0.3 is 0 Å². The molecule has 0 unspecified atom stereocenters. The van der Waals surface area contributed by atoms with Crippen molar-refractivity contribution in [3.05, 3.63) is 95.3 Å². The summed E-state index contributed by atoms with van der Waals surface area (Å²) in [4.78, 5) is 20.2. The number of carbonyl (C=O) groups is 1. The molecule has 0 N–H and O–H groups in total. The predicted molar refractivity (Wildman–Crippen MR) is 141 cm³/mol. The van der Waals surface area contributed by atoms with Gasteiger partial charge in [-0.2, -0.15) is 0 Å². The van der Waals surface area contributed by atoms with Gasteiger partial charge in [-0.05, 0) is 54.8 Å². The number of benzene rings is 3. The number of nitrogens with zero attached hydrogens (tertiary/aromatic N) is 3. The summed E-state index contributed by atoms with van der Waals surface area (Å²) in [5.41, 5.74) is 4.01. The van der Waals surface area contributed by atoms with Gasteiger partial charge < -0.3 is 14.5 Å². The average molecular weight is 488 g/mol. The highest BCUT2D eigenvalue weighted by Crippen LogP contribution is 2.35. The van der Waals surface area contributed by atoms with Crippen molar-refractivity contribution in [1.29, 1.82) is 0 Å². The van der Waals surface area contributed by atoms with Crippen LogP contribution >= 0.6 is 0 Å². The maximum absolute atomic E-state index is 14.1. The molecule has 6 heteroatoms. The maximum atomic E-state index is 14.1. The highest BCUT2D eigenvalue weighted by Gasteiger charge is 2.38. The van der Waals surface area contributed by atoms with Crippen molar-refractivity contribution < 1.29 is 13.9 Å². The Labute approximate surface area is 213 Å². The Balaban J connectivity index is 1.28. The number of aryl methyl sites for hydroxylation is 1. The van der Waals surface area contributed by atoms with Gasteiger partial charge in [-0.25, -0.2) is 4.39 Å². The van der Waals surface area contributed by atoms with Gasteiger partial charge in [0.2, 0.25) is 0 Å². The number of hydrogen-bond donors (Lipinski definition) is 0. The van der Waals surface area contributed by atoms with E-state index in [2.05, 4.69) is 21.9 Å². The molecule has 0 radical (unpaired) electrons. The SMILES string of the molecule is COc1cccc(N2CCN(C[C@H]3CN(C(=O)c4ccc(C)cc4)C[C@@H]3c3cccc(F)c3)CC2)c1. The monoisotopic (exact) mass is 487 g/mol. The fraction of sp³-hybridized carbons (Fsp3) is 0.367. The van der Waals surface area contributed by atoms with Gasteiger partial charge in [0.05, 0.1) is 7.11 Å². The van der Waals surface area contributed by atoms with E-state index < -0.39 is 0 Å². The zero-order valence-electron chi connectivity index (χ0n) is 21.1. The predicted octanol–water partition coefficient (Wildman–Crippen LogP) is 4.82. The smallest absolute Gasteiger partial charge is 0.253 e. The minimum Gasteiger partial charge on any atom is -0.497 e. The number of anilines is 1. The van der Waals surface area contributed by atoms with Gasteiger partial charge in [0, 0.05) is 69.0 Å². The fourth-order valence-electron chi connectivity index (χ4n) is 5.54. The third-order valence-electron chi connectivity index (χ3n) is 7.59. The Morgan fingerprint density at radius 2 is 1.69 bits per heavy atom. The molecular weight excluding hydrogens is 453 g/mol. The summed E-state index contributed by atoms with van der Waals surface area (Å²) in [5, 5.41) is 0. The topological polar surface area (TPSA) is 36.0 Å². The molecule has 2 fully saturated rings. The third kappa shape index (κ3) is 5.39. The zero-order valence-corrected chi connectivity index (χ0v) is 21.1. The molecule has 188 valence electrons. The lowest BCUT2D eigenvalue weighted by atomic mass is 9.88. The van der Waals surface area contributed by atoms with Crippen molar-refractivity contribution in [2.45, 2.75) is 12.8 Å². The van der Waals surface area contributed by atoms with Crippen LogP contribution < -0.4 is 9.64 Å². The van der Waals surface area contributed by atoms with E-state index in [9.17, 15) is 9.18 Å². The van der Waals surface area contributed by atoms with Gasteiger partial charge in [0.1, 0.15) is 11.6 Å². The van der Waals surface area contributed by atoms with Gasteiger partial charge in [-0.15, -0.1) is 0 Å². The highest BCUT2D eigenvalue weighted by atomic mass is 19.1.